The fraction of sp³-hybridized carbons (Fsp3) is 0.619. The Kier molecular flexibility index (Phi) is 8.39. The van der Waals surface area contributed by atoms with Crippen LogP contribution in [0.2, 0.25) is 0 Å². The number of hydrogen-bond acceptors (Lipinski definition) is 4. The maximum Gasteiger partial charge on any atom is 0.236 e. The summed E-state index contributed by atoms with van der Waals surface area (Å²) < 4.78 is 32.4. The summed E-state index contributed by atoms with van der Waals surface area (Å²) in [5.41, 5.74) is 0.334. The van der Waals surface area contributed by atoms with Crippen LogP contribution in [0.5, 0.6) is 0 Å². The van der Waals surface area contributed by atoms with E-state index in [9.17, 15) is 13.6 Å². The lowest BCUT2D eigenvalue weighted by Crippen LogP contribution is -2.55. The second-order valence-electron chi connectivity index (χ2n) is 7.48. The molecular weight excluding hydrogens is 392 g/mol. The fourth-order valence-corrected chi connectivity index (χ4v) is 3.66. The van der Waals surface area contributed by atoms with Gasteiger partial charge in [0, 0.05) is 52.4 Å². The van der Waals surface area contributed by atoms with Gasteiger partial charge in [0.15, 0.2) is 5.96 Å². The molecule has 3 rings (SSSR count). The SMILES string of the molecule is CCNC(=NCCc1cc(F)ccc1F)N1CCN(CC(=O)N2CCOCC2)CC1. The minimum absolute atomic E-state index is 0.157. The number of guanidine groups is 1. The third-order valence-electron chi connectivity index (χ3n) is 5.38. The van der Waals surface area contributed by atoms with Gasteiger partial charge >= 0.3 is 0 Å². The van der Waals surface area contributed by atoms with Gasteiger partial charge in [0.2, 0.25) is 5.91 Å². The summed E-state index contributed by atoms with van der Waals surface area (Å²) in [6, 6.07) is 3.49. The third kappa shape index (κ3) is 6.37. The molecule has 2 aliphatic rings. The zero-order valence-corrected chi connectivity index (χ0v) is 17.6. The van der Waals surface area contributed by atoms with E-state index < -0.39 is 11.6 Å². The van der Waals surface area contributed by atoms with Gasteiger partial charge in [-0.25, -0.2) is 8.78 Å². The molecule has 0 bridgehead atoms. The molecule has 0 aliphatic carbocycles. The fourth-order valence-electron chi connectivity index (χ4n) is 3.66. The Balaban J connectivity index is 1.49. The lowest BCUT2D eigenvalue weighted by molar-refractivity contribution is -0.136. The van der Waals surface area contributed by atoms with Gasteiger partial charge in [-0.3, -0.25) is 14.7 Å². The highest BCUT2D eigenvalue weighted by atomic mass is 19.1. The molecule has 1 aromatic carbocycles. The molecule has 30 heavy (non-hydrogen) atoms. The van der Waals surface area contributed by atoms with Crippen molar-refractivity contribution in [3.8, 4) is 0 Å². The van der Waals surface area contributed by atoms with Gasteiger partial charge < -0.3 is 19.9 Å². The van der Waals surface area contributed by atoms with Gasteiger partial charge in [0.1, 0.15) is 11.6 Å². The Morgan fingerprint density at radius 2 is 1.83 bits per heavy atom. The van der Waals surface area contributed by atoms with Crippen molar-refractivity contribution >= 4 is 11.9 Å². The number of benzene rings is 1. The lowest BCUT2D eigenvalue weighted by Gasteiger charge is -2.37. The van der Waals surface area contributed by atoms with Crippen LogP contribution in [0.15, 0.2) is 23.2 Å². The zero-order chi connectivity index (χ0) is 21.3. The van der Waals surface area contributed by atoms with Crippen LogP contribution < -0.4 is 5.32 Å². The number of morpholine rings is 1. The smallest absolute Gasteiger partial charge is 0.236 e. The number of aliphatic imine (C=N–C) groups is 1. The molecule has 2 fully saturated rings. The molecule has 0 unspecified atom stereocenters. The molecule has 0 atom stereocenters. The Labute approximate surface area is 176 Å². The van der Waals surface area contributed by atoms with Crippen LogP contribution in [-0.2, 0) is 16.0 Å². The number of nitrogens with zero attached hydrogens (tertiary/aromatic N) is 4. The van der Waals surface area contributed by atoms with E-state index in [-0.39, 0.29) is 5.91 Å². The van der Waals surface area contributed by atoms with Crippen LogP contribution in [0.1, 0.15) is 12.5 Å². The van der Waals surface area contributed by atoms with Crippen molar-refractivity contribution in [2.75, 3.05) is 72.1 Å². The number of carbonyl (C=O) groups is 1. The molecule has 2 heterocycles. The molecule has 2 saturated heterocycles. The Bertz CT molecular complexity index is 732. The van der Waals surface area contributed by atoms with E-state index in [0.717, 1.165) is 50.8 Å². The number of rotatable bonds is 6. The molecule has 0 aromatic heterocycles. The van der Waals surface area contributed by atoms with E-state index in [1.165, 1.54) is 6.07 Å². The van der Waals surface area contributed by atoms with Crippen molar-refractivity contribution in [1.29, 1.82) is 0 Å². The third-order valence-corrected chi connectivity index (χ3v) is 5.38. The van der Waals surface area contributed by atoms with Crippen molar-refractivity contribution in [1.82, 2.24) is 20.0 Å². The van der Waals surface area contributed by atoms with Crippen LogP contribution in [0.3, 0.4) is 0 Å². The molecule has 1 amide bonds. The van der Waals surface area contributed by atoms with E-state index in [1.54, 1.807) is 0 Å². The summed E-state index contributed by atoms with van der Waals surface area (Å²) in [5.74, 6) is 0.0816. The van der Waals surface area contributed by atoms with Crippen LogP contribution in [0, 0.1) is 11.6 Å². The van der Waals surface area contributed by atoms with Gasteiger partial charge in [0.05, 0.1) is 19.8 Å². The van der Waals surface area contributed by atoms with Gasteiger partial charge in [-0.15, -0.1) is 0 Å². The van der Waals surface area contributed by atoms with Crippen molar-refractivity contribution in [3.05, 3.63) is 35.4 Å². The molecule has 0 radical (unpaired) electrons. The van der Waals surface area contributed by atoms with Crippen molar-refractivity contribution in [3.63, 3.8) is 0 Å². The molecule has 9 heteroatoms. The summed E-state index contributed by atoms with van der Waals surface area (Å²) in [7, 11) is 0. The molecular formula is C21H31F2N5O2. The standard InChI is InChI=1S/C21H31F2N5O2/c1-2-24-21(25-6-5-17-15-18(22)3-4-19(17)23)28-9-7-26(8-10-28)16-20(29)27-11-13-30-14-12-27/h3-4,15H,2,5-14,16H2,1H3,(H,24,25). The summed E-state index contributed by atoms with van der Waals surface area (Å²) in [4.78, 5) is 23.2. The minimum atomic E-state index is -0.440. The first kappa shape index (κ1) is 22.4. The molecule has 1 N–H and O–H groups in total. The molecule has 7 nitrogen and oxygen atoms in total. The maximum absolute atomic E-state index is 13.8. The quantitative estimate of drug-likeness (QED) is 0.545. The largest absolute Gasteiger partial charge is 0.378 e. The van der Waals surface area contributed by atoms with E-state index in [4.69, 9.17) is 4.74 Å². The first-order valence-electron chi connectivity index (χ1n) is 10.6. The lowest BCUT2D eigenvalue weighted by atomic mass is 10.1. The normalized spacial score (nSPS) is 18.6. The number of hydrogen-bond donors (Lipinski definition) is 1. The molecule has 0 saturated carbocycles. The summed E-state index contributed by atoms with van der Waals surface area (Å²) in [6.07, 6.45) is 0.340. The van der Waals surface area contributed by atoms with Crippen LogP contribution in [-0.4, -0.2) is 98.7 Å². The molecule has 2 aliphatic heterocycles. The van der Waals surface area contributed by atoms with Gasteiger partial charge in [-0.2, -0.15) is 0 Å². The van der Waals surface area contributed by atoms with Gasteiger partial charge in [-0.05, 0) is 37.1 Å². The van der Waals surface area contributed by atoms with E-state index in [1.807, 2.05) is 11.8 Å². The number of halogens is 2. The predicted molar refractivity (Wildman–Crippen MR) is 111 cm³/mol. The first-order valence-corrected chi connectivity index (χ1v) is 10.6. The summed E-state index contributed by atoms with van der Waals surface area (Å²) >= 11 is 0. The van der Waals surface area contributed by atoms with Gasteiger partial charge in [0.25, 0.3) is 0 Å². The van der Waals surface area contributed by atoms with Crippen molar-refractivity contribution in [2.24, 2.45) is 4.99 Å². The molecule has 0 spiro atoms. The first-order chi connectivity index (χ1) is 14.6. The second-order valence-corrected chi connectivity index (χ2v) is 7.48. The van der Waals surface area contributed by atoms with E-state index in [2.05, 4.69) is 20.1 Å². The highest BCUT2D eigenvalue weighted by Crippen LogP contribution is 2.11. The maximum atomic E-state index is 13.8. The number of amides is 1. The van der Waals surface area contributed by atoms with Gasteiger partial charge in [-0.1, -0.05) is 0 Å². The predicted octanol–water partition coefficient (Wildman–Crippen LogP) is 0.949. The van der Waals surface area contributed by atoms with Crippen molar-refractivity contribution in [2.45, 2.75) is 13.3 Å². The Morgan fingerprint density at radius 3 is 2.53 bits per heavy atom. The molecule has 166 valence electrons. The van der Waals surface area contributed by atoms with E-state index >= 15 is 0 Å². The minimum Gasteiger partial charge on any atom is -0.378 e. The number of ether oxygens (including phenoxy) is 1. The van der Waals surface area contributed by atoms with Crippen LogP contribution in [0.4, 0.5) is 8.78 Å². The Hall–Kier alpha value is -2.26. The highest BCUT2D eigenvalue weighted by Gasteiger charge is 2.24. The van der Waals surface area contributed by atoms with Crippen LogP contribution >= 0.6 is 0 Å². The Morgan fingerprint density at radius 1 is 1.10 bits per heavy atom. The zero-order valence-electron chi connectivity index (χ0n) is 17.6. The monoisotopic (exact) mass is 423 g/mol. The topological polar surface area (TPSA) is 60.4 Å². The highest BCUT2D eigenvalue weighted by molar-refractivity contribution is 5.80. The summed E-state index contributed by atoms with van der Waals surface area (Å²) in [6.45, 7) is 9.17. The average molecular weight is 424 g/mol. The van der Waals surface area contributed by atoms with E-state index in [0.29, 0.717) is 51.4 Å². The number of piperazine rings is 1. The second kappa shape index (κ2) is 11.2. The van der Waals surface area contributed by atoms with Crippen LogP contribution in [0.25, 0.3) is 0 Å². The van der Waals surface area contributed by atoms with Crippen molar-refractivity contribution < 1.29 is 18.3 Å². The average Bonchev–Trinajstić information content (AvgIpc) is 2.76. The summed E-state index contributed by atoms with van der Waals surface area (Å²) in [5, 5.41) is 3.27. The number of carbonyl (C=O) groups excluding carboxylic acids is 1. The molecule has 1 aromatic rings. The number of nitrogens with one attached hydrogen (secondary N) is 1.